The lowest BCUT2D eigenvalue weighted by Crippen LogP contribution is -2.15. The summed E-state index contributed by atoms with van der Waals surface area (Å²) in [5, 5.41) is 2.92. The van der Waals surface area contributed by atoms with E-state index in [4.69, 9.17) is 14.2 Å². The number of hydrogen-bond acceptors (Lipinski definition) is 5. The van der Waals surface area contributed by atoms with E-state index in [1.54, 1.807) is 12.1 Å². The van der Waals surface area contributed by atoms with Crippen molar-refractivity contribution in [3.63, 3.8) is 0 Å². The van der Waals surface area contributed by atoms with Crippen LogP contribution < -0.4 is 14.8 Å². The Bertz CT molecular complexity index is 1050. The first-order valence-corrected chi connectivity index (χ1v) is 10.9. The predicted molar refractivity (Wildman–Crippen MR) is 126 cm³/mol. The topological polar surface area (TPSA) is 69.7 Å². The Morgan fingerprint density at radius 1 is 1.00 bits per heavy atom. The molecule has 0 aliphatic carbocycles. The summed E-state index contributed by atoms with van der Waals surface area (Å²) in [6.07, 6.45) is 0.825. The Labute approximate surface area is 189 Å². The Hall–Kier alpha value is -3.38. The lowest BCUT2D eigenvalue weighted by Gasteiger charge is -2.14. The summed E-state index contributed by atoms with van der Waals surface area (Å²) >= 11 is 0. The minimum Gasteiger partial charge on any atom is -0.493 e. The fourth-order valence-electron chi connectivity index (χ4n) is 3.20. The number of hydrogen-bond donors (Lipinski definition) is 1. The van der Waals surface area contributed by atoms with Gasteiger partial charge < -0.3 is 19.5 Å². The third-order valence-electron chi connectivity index (χ3n) is 4.79. The van der Waals surface area contributed by atoms with Gasteiger partial charge in [-0.05, 0) is 63.6 Å². The van der Waals surface area contributed by atoms with Crippen molar-refractivity contribution in [2.75, 3.05) is 18.5 Å². The molecule has 1 N–H and O–H groups in total. The van der Waals surface area contributed by atoms with Gasteiger partial charge in [0.15, 0.2) is 0 Å². The van der Waals surface area contributed by atoms with Crippen molar-refractivity contribution in [2.24, 2.45) is 0 Å². The number of anilines is 1. The van der Waals surface area contributed by atoms with E-state index in [0.717, 1.165) is 17.9 Å². The zero-order valence-corrected chi connectivity index (χ0v) is 19.1. The second kappa shape index (κ2) is 11.3. The highest BCUT2D eigenvalue weighted by molar-refractivity contribution is 6.05. The van der Waals surface area contributed by atoms with Crippen molar-refractivity contribution in [2.45, 2.75) is 40.2 Å². The molecule has 168 valence electrons. The van der Waals surface area contributed by atoms with Crippen LogP contribution in [0.3, 0.4) is 0 Å². The summed E-state index contributed by atoms with van der Waals surface area (Å²) in [7, 11) is 0. The minimum absolute atomic E-state index is 0.115. The zero-order chi connectivity index (χ0) is 22.9. The van der Waals surface area contributed by atoms with Gasteiger partial charge in [-0.1, -0.05) is 19.1 Å². The number of nitrogens with zero attached hydrogens (tertiary/aromatic N) is 1. The summed E-state index contributed by atoms with van der Waals surface area (Å²) in [5.41, 5.74) is 2.62. The second-order valence-electron chi connectivity index (χ2n) is 7.37. The van der Waals surface area contributed by atoms with E-state index in [0.29, 0.717) is 41.7 Å². The quantitative estimate of drug-likeness (QED) is 0.404. The molecule has 1 heterocycles. The molecule has 0 saturated heterocycles. The number of amides is 1. The van der Waals surface area contributed by atoms with Crippen LogP contribution in [0.25, 0.3) is 0 Å². The van der Waals surface area contributed by atoms with Crippen LogP contribution in [0.4, 0.5) is 5.69 Å². The number of carbonyl (C=O) groups is 1. The predicted octanol–water partition coefficient (Wildman–Crippen LogP) is 6.32. The standard InChI is InChI=1S/C26H30N2O4/c1-5-15-31-21-10-8-12-23(17-21)32-22-11-7-9-20(16-22)28-26(29)24-13-14-25(27-18(24)3)19(4)30-6-2/h7-14,16-17,19H,5-6,15H2,1-4H3,(H,28,29). The van der Waals surface area contributed by atoms with Crippen LogP contribution in [0.1, 0.15) is 55.0 Å². The third kappa shape index (κ3) is 6.31. The van der Waals surface area contributed by atoms with Gasteiger partial charge >= 0.3 is 0 Å². The second-order valence-corrected chi connectivity index (χ2v) is 7.37. The number of ether oxygens (including phenoxy) is 3. The Morgan fingerprint density at radius 3 is 2.44 bits per heavy atom. The Balaban J connectivity index is 1.69. The van der Waals surface area contributed by atoms with Gasteiger partial charge in [0.1, 0.15) is 17.2 Å². The van der Waals surface area contributed by atoms with E-state index < -0.39 is 0 Å². The average Bonchev–Trinajstić information content (AvgIpc) is 2.78. The highest BCUT2D eigenvalue weighted by Crippen LogP contribution is 2.27. The number of benzene rings is 2. The highest BCUT2D eigenvalue weighted by Gasteiger charge is 2.14. The first-order chi connectivity index (χ1) is 15.5. The molecule has 0 bridgehead atoms. The van der Waals surface area contributed by atoms with Gasteiger partial charge in [-0.25, -0.2) is 0 Å². The molecule has 1 unspecified atom stereocenters. The molecular weight excluding hydrogens is 404 g/mol. The summed E-state index contributed by atoms with van der Waals surface area (Å²) in [6.45, 7) is 9.04. The number of pyridine rings is 1. The number of carbonyl (C=O) groups excluding carboxylic acids is 1. The Kier molecular flexibility index (Phi) is 8.22. The summed E-state index contributed by atoms with van der Waals surface area (Å²) in [6, 6.07) is 18.4. The molecule has 1 aromatic heterocycles. The molecule has 2 aromatic carbocycles. The molecule has 6 nitrogen and oxygen atoms in total. The molecule has 3 aromatic rings. The summed E-state index contributed by atoms with van der Waals surface area (Å²) < 4.78 is 17.2. The summed E-state index contributed by atoms with van der Waals surface area (Å²) in [5.74, 6) is 1.82. The number of aromatic nitrogens is 1. The fourth-order valence-corrected chi connectivity index (χ4v) is 3.20. The Morgan fingerprint density at radius 2 is 1.72 bits per heavy atom. The van der Waals surface area contributed by atoms with Crippen molar-refractivity contribution in [1.82, 2.24) is 4.98 Å². The van der Waals surface area contributed by atoms with Crippen LogP contribution in [0, 0.1) is 6.92 Å². The molecule has 0 aliphatic heterocycles. The molecule has 0 saturated carbocycles. The molecule has 32 heavy (non-hydrogen) atoms. The SMILES string of the molecule is CCCOc1cccc(Oc2cccc(NC(=O)c3ccc(C(C)OCC)nc3C)c2)c1. The van der Waals surface area contributed by atoms with E-state index in [1.807, 2.05) is 69.3 Å². The van der Waals surface area contributed by atoms with Crippen molar-refractivity contribution in [3.8, 4) is 17.2 Å². The maximum absolute atomic E-state index is 12.8. The monoisotopic (exact) mass is 434 g/mol. The van der Waals surface area contributed by atoms with E-state index in [2.05, 4.69) is 17.2 Å². The van der Waals surface area contributed by atoms with E-state index >= 15 is 0 Å². The van der Waals surface area contributed by atoms with E-state index in [9.17, 15) is 4.79 Å². The molecule has 0 aliphatic rings. The molecule has 1 atom stereocenters. The smallest absolute Gasteiger partial charge is 0.257 e. The molecular formula is C26H30N2O4. The normalized spacial score (nSPS) is 11.6. The lowest BCUT2D eigenvalue weighted by atomic mass is 10.1. The van der Waals surface area contributed by atoms with Crippen LogP contribution in [-0.4, -0.2) is 24.1 Å². The van der Waals surface area contributed by atoms with E-state index in [-0.39, 0.29) is 12.0 Å². The van der Waals surface area contributed by atoms with Gasteiger partial charge in [0, 0.05) is 24.4 Å². The number of rotatable bonds is 10. The maximum Gasteiger partial charge on any atom is 0.257 e. The van der Waals surface area contributed by atoms with Crippen molar-refractivity contribution in [3.05, 3.63) is 77.6 Å². The highest BCUT2D eigenvalue weighted by atomic mass is 16.5. The van der Waals surface area contributed by atoms with Gasteiger partial charge in [0.25, 0.3) is 5.91 Å². The van der Waals surface area contributed by atoms with Gasteiger partial charge in [0.05, 0.1) is 29.7 Å². The van der Waals surface area contributed by atoms with Gasteiger partial charge in [0.2, 0.25) is 0 Å². The summed E-state index contributed by atoms with van der Waals surface area (Å²) in [4.78, 5) is 17.4. The van der Waals surface area contributed by atoms with Crippen molar-refractivity contribution < 1.29 is 19.0 Å². The first-order valence-electron chi connectivity index (χ1n) is 10.9. The minimum atomic E-state index is -0.224. The van der Waals surface area contributed by atoms with Crippen molar-refractivity contribution >= 4 is 11.6 Å². The van der Waals surface area contributed by atoms with Gasteiger partial charge in [-0.2, -0.15) is 0 Å². The van der Waals surface area contributed by atoms with Crippen LogP contribution in [0.5, 0.6) is 17.2 Å². The molecule has 3 rings (SSSR count). The molecule has 6 heteroatoms. The van der Waals surface area contributed by atoms with Gasteiger partial charge in [-0.15, -0.1) is 0 Å². The van der Waals surface area contributed by atoms with Gasteiger partial charge in [-0.3, -0.25) is 9.78 Å². The largest absolute Gasteiger partial charge is 0.493 e. The fraction of sp³-hybridized carbons (Fsp3) is 0.308. The van der Waals surface area contributed by atoms with Crippen LogP contribution in [0.2, 0.25) is 0 Å². The molecule has 0 fully saturated rings. The van der Waals surface area contributed by atoms with E-state index in [1.165, 1.54) is 0 Å². The maximum atomic E-state index is 12.8. The van der Waals surface area contributed by atoms with Crippen molar-refractivity contribution in [1.29, 1.82) is 0 Å². The average molecular weight is 435 g/mol. The molecule has 0 spiro atoms. The molecule has 1 amide bonds. The van der Waals surface area contributed by atoms with Crippen LogP contribution in [0.15, 0.2) is 60.7 Å². The zero-order valence-electron chi connectivity index (χ0n) is 19.1. The lowest BCUT2D eigenvalue weighted by molar-refractivity contribution is 0.0732. The van der Waals surface area contributed by atoms with Crippen LogP contribution in [-0.2, 0) is 4.74 Å². The van der Waals surface area contributed by atoms with Crippen LogP contribution >= 0.6 is 0 Å². The molecule has 0 radical (unpaired) electrons. The number of nitrogens with one attached hydrogen (secondary N) is 1. The number of aryl methyl sites for hydroxylation is 1. The first kappa shape index (κ1) is 23.3. The third-order valence-corrected chi connectivity index (χ3v) is 4.79.